The number of carbonyl (C=O) groups is 1. The SMILES string of the molecule is O=C(Nc1cnn(Cc2ccccc2)c1)C1CCNC1. The molecule has 0 spiro atoms. The number of benzene rings is 1. The number of aromatic nitrogens is 2. The van der Waals surface area contributed by atoms with E-state index < -0.39 is 0 Å². The number of nitrogens with one attached hydrogen (secondary N) is 2. The fraction of sp³-hybridized carbons (Fsp3) is 0.333. The fourth-order valence-electron chi connectivity index (χ4n) is 2.41. The third kappa shape index (κ3) is 3.05. The molecular weight excluding hydrogens is 252 g/mol. The van der Waals surface area contributed by atoms with Crippen LogP contribution in [0.2, 0.25) is 0 Å². The number of amides is 1. The van der Waals surface area contributed by atoms with Crippen LogP contribution in [0.25, 0.3) is 0 Å². The van der Waals surface area contributed by atoms with Crippen LogP contribution >= 0.6 is 0 Å². The molecule has 1 amide bonds. The first-order valence-electron chi connectivity index (χ1n) is 6.89. The molecule has 0 bridgehead atoms. The first-order chi connectivity index (χ1) is 9.81. The molecule has 1 saturated heterocycles. The molecular formula is C15H18N4O. The third-order valence-electron chi connectivity index (χ3n) is 3.52. The minimum Gasteiger partial charge on any atom is -0.323 e. The molecule has 5 nitrogen and oxygen atoms in total. The molecule has 104 valence electrons. The predicted molar refractivity (Wildman–Crippen MR) is 77.4 cm³/mol. The number of rotatable bonds is 4. The molecule has 3 rings (SSSR count). The molecule has 2 N–H and O–H groups in total. The van der Waals surface area contributed by atoms with Gasteiger partial charge in [0.25, 0.3) is 0 Å². The largest absolute Gasteiger partial charge is 0.323 e. The zero-order valence-corrected chi connectivity index (χ0v) is 11.2. The van der Waals surface area contributed by atoms with Crippen molar-refractivity contribution < 1.29 is 4.79 Å². The van der Waals surface area contributed by atoms with E-state index >= 15 is 0 Å². The van der Waals surface area contributed by atoms with E-state index in [-0.39, 0.29) is 11.8 Å². The van der Waals surface area contributed by atoms with E-state index in [1.807, 2.05) is 29.1 Å². The van der Waals surface area contributed by atoms with Gasteiger partial charge in [-0.2, -0.15) is 5.10 Å². The second-order valence-corrected chi connectivity index (χ2v) is 5.09. The molecule has 1 aliphatic rings. The molecule has 1 atom stereocenters. The Morgan fingerprint density at radius 1 is 1.40 bits per heavy atom. The van der Waals surface area contributed by atoms with Crippen LogP contribution in [0.1, 0.15) is 12.0 Å². The quantitative estimate of drug-likeness (QED) is 0.884. The summed E-state index contributed by atoms with van der Waals surface area (Å²) in [5, 5.41) is 10.4. The van der Waals surface area contributed by atoms with Crippen LogP contribution in [-0.4, -0.2) is 28.8 Å². The lowest BCUT2D eigenvalue weighted by Crippen LogP contribution is -2.24. The van der Waals surface area contributed by atoms with Gasteiger partial charge in [-0.25, -0.2) is 0 Å². The maximum Gasteiger partial charge on any atom is 0.228 e. The van der Waals surface area contributed by atoms with Gasteiger partial charge in [-0.1, -0.05) is 30.3 Å². The van der Waals surface area contributed by atoms with Crippen molar-refractivity contribution >= 4 is 11.6 Å². The molecule has 0 saturated carbocycles. The summed E-state index contributed by atoms with van der Waals surface area (Å²) >= 11 is 0. The first kappa shape index (κ1) is 12.9. The number of nitrogens with zero attached hydrogens (tertiary/aromatic N) is 2. The highest BCUT2D eigenvalue weighted by molar-refractivity contribution is 5.92. The number of anilines is 1. The summed E-state index contributed by atoms with van der Waals surface area (Å²) in [6.07, 6.45) is 4.47. The van der Waals surface area contributed by atoms with E-state index in [0.29, 0.717) is 6.54 Å². The molecule has 1 aromatic heterocycles. The van der Waals surface area contributed by atoms with Gasteiger partial charge in [0.15, 0.2) is 0 Å². The van der Waals surface area contributed by atoms with Crippen LogP contribution in [-0.2, 0) is 11.3 Å². The van der Waals surface area contributed by atoms with Crippen molar-refractivity contribution in [2.75, 3.05) is 18.4 Å². The van der Waals surface area contributed by atoms with E-state index in [1.165, 1.54) is 5.56 Å². The summed E-state index contributed by atoms with van der Waals surface area (Å²) in [5.74, 6) is 0.154. The Bertz CT molecular complexity index is 573. The second kappa shape index (κ2) is 5.88. The summed E-state index contributed by atoms with van der Waals surface area (Å²) in [7, 11) is 0. The van der Waals surface area contributed by atoms with Crippen LogP contribution in [0.3, 0.4) is 0 Å². The number of hydrogen-bond acceptors (Lipinski definition) is 3. The Kier molecular flexibility index (Phi) is 3.78. The molecule has 5 heteroatoms. The van der Waals surface area contributed by atoms with Crippen LogP contribution in [0.4, 0.5) is 5.69 Å². The Hall–Kier alpha value is -2.14. The lowest BCUT2D eigenvalue weighted by molar-refractivity contribution is -0.119. The van der Waals surface area contributed by atoms with Crippen molar-refractivity contribution in [3.8, 4) is 0 Å². The highest BCUT2D eigenvalue weighted by atomic mass is 16.1. The minimum atomic E-state index is 0.0764. The molecule has 20 heavy (non-hydrogen) atoms. The van der Waals surface area contributed by atoms with Gasteiger partial charge in [-0.3, -0.25) is 9.48 Å². The van der Waals surface area contributed by atoms with Crippen LogP contribution in [0.5, 0.6) is 0 Å². The van der Waals surface area contributed by atoms with E-state index in [0.717, 1.165) is 25.2 Å². The lowest BCUT2D eigenvalue weighted by Gasteiger charge is -2.07. The predicted octanol–water partition coefficient (Wildman–Crippen LogP) is 1.48. The molecule has 2 heterocycles. The molecule has 2 aromatic rings. The van der Waals surface area contributed by atoms with Crippen molar-refractivity contribution in [1.82, 2.24) is 15.1 Å². The van der Waals surface area contributed by atoms with Gasteiger partial charge in [-0.05, 0) is 18.5 Å². The van der Waals surface area contributed by atoms with Crippen molar-refractivity contribution in [2.45, 2.75) is 13.0 Å². The Morgan fingerprint density at radius 2 is 2.25 bits per heavy atom. The summed E-state index contributed by atoms with van der Waals surface area (Å²) in [5.41, 5.74) is 1.95. The maximum atomic E-state index is 12.0. The van der Waals surface area contributed by atoms with Crippen LogP contribution in [0, 0.1) is 5.92 Å². The standard InChI is InChI=1S/C15H18N4O/c20-15(13-6-7-16-8-13)18-14-9-17-19(11-14)10-12-4-2-1-3-5-12/h1-5,9,11,13,16H,6-8,10H2,(H,18,20). The van der Waals surface area contributed by atoms with Crippen molar-refractivity contribution in [2.24, 2.45) is 5.92 Å². The van der Waals surface area contributed by atoms with Gasteiger partial charge in [0.1, 0.15) is 0 Å². The topological polar surface area (TPSA) is 59.0 Å². The van der Waals surface area contributed by atoms with E-state index in [2.05, 4.69) is 27.9 Å². The highest BCUT2D eigenvalue weighted by Gasteiger charge is 2.22. The fourth-order valence-corrected chi connectivity index (χ4v) is 2.41. The van der Waals surface area contributed by atoms with Crippen molar-refractivity contribution in [1.29, 1.82) is 0 Å². The van der Waals surface area contributed by atoms with Gasteiger partial charge in [0.2, 0.25) is 5.91 Å². The summed E-state index contributed by atoms with van der Waals surface area (Å²) in [4.78, 5) is 12.0. The molecule has 1 aliphatic heterocycles. The molecule has 0 radical (unpaired) electrons. The smallest absolute Gasteiger partial charge is 0.228 e. The minimum absolute atomic E-state index is 0.0764. The average Bonchev–Trinajstić information content (AvgIpc) is 3.11. The molecule has 0 aliphatic carbocycles. The van der Waals surface area contributed by atoms with E-state index in [4.69, 9.17) is 0 Å². The zero-order chi connectivity index (χ0) is 13.8. The molecule has 1 unspecified atom stereocenters. The van der Waals surface area contributed by atoms with Crippen molar-refractivity contribution in [3.05, 3.63) is 48.3 Å². The molecule has 1 fully saturated rings. The van der Waals surface area contributed by atoms with Gasteiger partial charge < -0.3 is 10.6 Å². The normalized spacial score (nSPS) is 18.1. The third-order valence-corrected chi connectivity index (χ3v) is 3.52. The average molecular weight is 270 g/mol. The summed E-state index contributed by atoms with van der Waals surface area (Å²) in [6.45, 7) is 2.40. The van der Waals surface area contributed by atoms with Gasteiger partial charge >= 0.3 is 0 Å². The van der Waals surface area contributed by atoms with Gasteiger partial charge in [0.05, 0.1) is 24.3 Å². The highest BCUT2D eigenvalue weighted by Crippen LogP contribution is 2.13. The lowest BCUT2D eigenvalue weighted by atomic mass is 10.1. The number of carbonyl (C=O) groups excluding carboxylic acids is 1. The Morgan fingerprint density at radius 3 is 3.00 bits per heavy atom. The Labute approximate surface area is 118 Å². The molecule has 1 aromatic carbocycles. The van der Waals surface area contributed by atoms with Crippen LogP contribution in [0.15, 0.2) is 42.7 Å². The first-order valence-corrected chi connectivity index (χ1v) is 6.89. The summed E-state index contributed by atoms with van der Waals surface area (Å²) < 4.78 is 1.83. The van der Waals surface area contributed by atoms with Crippen molar-refractivity contribution in [3.63, 3.8) is 0 Å². The van der Waals surface area contributed by atoms with E-state index in [1.54, 1.807) is 6.20 Å². The van der Waals surface area contributed by atoms with Gasteiger partial charge in [-0.15, -0.1) is 0 Å². The van der Waals surface area contributed by atoms with Gasteiger partial charge in [0, 0.05) is 12.7 Å². The zero-order valence-electron chi connectivity index (χ0n) is 11.2. The summed E-state index contributed by atoms with van der Waals surface area (Å²) in [6, 6.07) is 10.1. The maximum absolute atomic E-state index is 12.0. The van der Waals surface area contributed by atoms with E-state index in [9.17, 15) is 4.79 Å². The van der Waals surface area contributed by atoms with Crippen LogP contribution < -0.4 is 10.6 Å². The Balaban J connectivity index is 1.60. The second-order valence-electron chi connectivity index (χ2n) is 5.09. The number of hydrogen-bond donors (Lipinski definition) is 2. The monoisotopic (exact) mass is 270 g/mol.